The zero-order valence-corrected chi connectivity index (χ0v) is 14.1. The minimum absolute atomic E-state index is 0.220. The Morgan fingerprint density at radius 2 is 1.80 bits per heavy atom. The third-order valence-corrected chi connectivity index (χ3v) is 5.15. The van der Waals surface area contributed by atoms with Crippen LogP contribution in [-0.4, -0.2) is 21.5 Å². The molecule has 0 spiro atoms. The first kappa shape index (κ1) is 14.5. The van der Waals surface area contributed by atoms with Gasteiger partial charge in [0.05, 0.1) is 26.8 Å². The molecule has 5 rings (SSSR count). The maximum atomic E-state index is 13.8. The Kier molecular flexibility index (Phi) is 2.80. The van der Waals surface area contributed by atoms with Crippen LogP contribution in [0.4, 0.5) is 4.39 Å². The molecule has 0 radical (unpaired) electrons. The standard InChI is InChI=1S/C19H8BrFN2O2/c20-11-5-9-14(6-12(11)21)22-7-10-15(9)19(25)17-16(18(10)24)8-3-1-2-4-13(8)23-17/h1-7,23H. The van der Waals surface area contributed by atoms with Crippen molar-refractivity contribution >= 4 is 49.3 Å². The van der Waals surface area contributed by atoms with Crippen molar-refractivity contribution in [3.63, 3.8) is 0 Å². The molecule has 4 aromatic rings. The molecule has 2 heterocycles. The monoisotopic (exact) mass is 394 g/mol. The first-order chi connectivity index (χ1) is 12.1. The minimum Gasteiger partial charge on any atom is -0.351 e. The van der Waals surface area contributed by atoms with Crippen LogP contribution in [0.5, 0.6) is 0 Å². The van der Waals surface area contributed by atoms with Crippen molar-refractivity contribution in [2.45, 2.75) is 0 Å². The normalized spacial score (nSPS) is 13.4. The van der Waals surface area contributed by atoms with Crippen LogP contribution in [0.15, 0.2) is 47.1 Å². The number of carbonyl (C=O) groups is 2. The molecule has 0 saturated carbocycles. The van der Waals surface area contributed by atoms with Crippen LogP contribution in [0.25, 0.3) is 21.8 Å². The number of fused-ring (bicyclic) bond motifs is 6. The Balaban J connectivity index is 1.90. The van der Waals surface area contributed by atoms with Gasteiger partial charge in [0.25, 0.3) is 0 Å². The van der Waals surface area contributed by atoms with Crippen molar-refractivity contribution in [2.75, 3.05) is 0 Å². The number of para-hydroxylation sites is 1. The smallest absolute Gasteiger partial charge is 0.211 e. The summed E-state index contributed by atoms with van der Waals surface area (Å²) in [7, 11) is 0. The molecule has 2 aromatic carbocycles. The minimum atomic E-state index is -0.471. The van der Waals surface area contributed by atoms with Gasteiger partial charge in [-0.3, -0.25) is 14.6 Å². The molecule has 0 atom stereocenters. The summed E-state index contributed by atoms with van der Waals surface area (Å²) in [6.07, 6.45) is 1.36. The largest absolute Gasteiger partial charge is 0.351 e. The number of aromatic amines is 1. The summed E-state index contributed by atoms with van der Waals surface area (Å²) >= 11 is 3.13. The van der Waals surface area contributed by atoms with E-state index in [-0.39, 0.29) is 32.9 Å². The fourth-order valence-corrected chi connectivity index (χ4v) is 3.76. The van der Waals surface area contributed by atoms with Gasteiger partial charge in [0, 0.05) is 34.1 Å². The second kappa shape index (κ2) is 4.83. The maximum Gasteiger partial charge on any atom is 0.211 e. The SMILES string of the molecule is O=C1c2[nH]c3ccccc3c2C(=O)c2cnc3cc(F)c(Br)cc3c21. The van der Waals surface area contributed by atoms with Gasteiger partial charge in [-0.05, 0) is 28.1 Å². The van der Waals surface area contributed by atoms with E-state index in [0.29, 0.717) is 21.9 Å². The number of halogens is 2. The van der Waals surface area contributed by atoms with Crippen LogP contribution in [0.2, 0.25) is 0 Å². The van der Waals surface area contributed by atoms with Crippen LogP contribution < -0.4 is 0 Å². The molecule has 6 heteroatoms. The van der Waals surface area contributed by atoms with Gasteiger partial charge in [-0.25, -0.2) is 4.39 Å². The van der Waals surface area contributed by atoms with Gasteiger partial charge in [-0.2, -0.15) is 0 Å². The van der Waals surface area contributed by atoms with E-state index >= 15 is 0 Å². The summed E-state index contributed by atoms with van der Waals surface area (Å²) in [6.45, 7) is 0. The number of ketones is 2. The summed E-state index contributed by atoms with van der Waals surface area (Å²) in [4.78, 5) is 33.4. The van der Waals surface area contributed by atoms with Gasteiger partial charge >= 0.3 is 0 Å². The lowest BCUT2D eigenvalue weighted by Gasteiger charge is -2.16. The topological polar surface area (TPSA) is 62.8 Å². The number of benzene rings is 2. The number of nitrogens with zero attached hydrogens (tertiary/aromatic N) is 1. The van der Waals surface area contributed by atoms with Crippen molar-refractivity contribution in [2.24, 2.45) is 0 Å². The number of carbonyl (C=O) groups excluding carboxylic acids is 2. The fourth-order valence-electron chi connectivity index (χ4n) is 3.41. The Morgan fingerprint density at radius 1 is 1.00 bits per heavy atom. The van der Waals surface area contributed by atoms with Crippen LogP contribution in [0, 0.1) is 5.82 Å². The fraction of sp³-hybridized carbons (Fsp3) is 0. The molecular weight excluding hydrogens is 387 g/mol. The van der Waals surface area contributed by atoms with Crippen molar-refractivity contribution in [1.29, 1.82) is 0 Å². The lowest BCUT2D eigenvalue weighted by molar-refractivity contribution is 0.0979. The highest BCUT2D eigenvalue weighted by Crippen LogP contribution is 2.36. The Hall–Kier alpha value is -2.86. The molecule has 1 aliphatic carbocycles. The van der Waals surface area contributed by atoms with Crippen LogP contribution in [0.3, 0.4) is 0 Å². The highest BCUT2D eigenvalue weighted by Gasteiger charge is 2.35. The molecule has 25 heavy (non-hydrogen) atoms. The van der Waals surface area contributed by atoms with Crippen molar-refractivity contribution in [3.05, 3.63) is 75.3 Å². The van der Waals surface area contributed by atoms with Gasteiger partial charge < -0.3 is 4.98 Å². The summed E-state index contributed by atoms with van der Waals surface area (Å²) in [5, 5.41) is 1.16. The lowest BCUT2D eigenvalue weighted by atomic mass is 9.86. The molecule has 1 N–H and O–H groups in total. The van der Waals surface area contributed by atoms with Gasteiger partial charge in [0.15, 0.2) is 5.78 Å². The molecule has 0 unspecified atom stereocenters. The van der Waals surface area contributed by atoms with Crippen molar-refractivity contribution in [3.8, 4) is 0 Å². The molecule has 2 aromatic heterocycles. The van der Waals surface area contributed by atoms with Gasteiger partial charge in [0.2, 0.25) is 5.78 Å². The molecule has 120 valence electrons. The number of hydrogen-bond donors (Lipinski definition) is 1. The predicted molar refractivity (Wildman–Crippen MR) is 94.6 cm³/mol. The average molecular weight is 395 g/mol. The number of hydrogen-bond acceptors (Lipinski definition) is 3. The van der Waals surface area contributed by atoms with E-state index in [2.05, 4.69) is 25.9 Å². The van der Waals surface area contributed by atoms with E-state index in [1.165, 1.54) is 18.3 Å². The molecule has 0 saturated heterocycles. The van der Waals surface area contributed by atoms with E-state index in [9.17, 15) is 14.0 Å². The molecule has 0 amide bonds. The predicted octanol–water partition coefficient (Wildman–Crippen LogP) is 4.39. The molecule has 0 fully saturated rings. The van der Waals surface area contributed by atoms with E-state index < -0.39 is 5.82 Å². The van der Waals surface area contributed by atoms with E-state index in [1.54, 1.807) is 6.07 Å². The summed E-state index contributed by atoms with van der Waals surface area (Å²) < 4.78 is 14.0. The van der Waals surface area contributed by atoms with Crippen molar-refractivity contribution < 1.29 is 14.0 Å². The van der Waals surface area contributed by atoms with Crippen LogP contribution >= 0.6 is 15.9 Å². The number of nitrogens with one attached hydrogen (secondary N) is 1. The second-order valence-electron chi connectivity index (χ2n) is 5.91. The molecule has 1 aliphatic rings. The summed E-state index contributed by atoms with van der Waals surface area (Å²) in [5.74, 6) is -1.01. The van der Waals surface area contributed by atoms with Crippen molar-refractivity contribution in [1.82, 2.24) is 9.97 Å². The van der Waals surface area contributed by atoms with E-state index in [1.807, 2.05) is 18.2 Å². The molecular formula is C19H8BrFN2O2. The zero-order valence-electron chi connectivity index (χ0n) is 12.6. The molecule has 0 aliphatic heterocycles. The first-order valence-corrected chi connectivity index (χ1v) is 8.33. The number of H-pyrrole nitrogens is 1. The number of pyridine rings is 1. The highest BCUT2D eigenvalue weighted by atomic mass is 79.9. The molecule has 4 nitrogen and oxygen atoms in total. The van der Waals surface area contributed by atoms with Crippen LogP contribution in [-0.2, 0) is 0 Å². The van der Waals surface area contributed by atoms with Gasteiger partial charge in [-0.15, -0.1) is 0 Å². The quantitative estimate of drug-likeness (QED) is 0.423. The number of rotatable bonds is 0. The van der Waals surface area contributed by atoms with Gasteiger partial charge in [0.1, 0.15) is 5.82 Å². The van der Waals surface area contributed by atoms with E-state index in [0.717, 1.165) is 5.52 Å². The first-order valence-electron chi connectivity index (χ1n) is 7.54. The third-order valence-electron chi connectivity index (χ3n) is 4.54. The number of aromatic nitrogens is 2. The summed E-state index contributed by atoms with van der Waals surface area (Å²) in [6, 6.07) is 10.0. The third kappa shape index (κ3) is 1.83. The Morgan fingerprint density at radius 3 is 2.64 bits per heavy atom. The van der Waals surface area contributed by atoms with Crippen LogP contribution in [0.1, 0.15) is 32.0 Å². The maximum absolute atomic E-state index is 13.8. The summed E-state index contributed by atoms with van der Waals surface area (Å²) in [5.41, 5.74) is 2.21. The van der Waals surface area contributed by atoms with E-state index in [4.69, 9.17) is 0 Å². The van der Waals surface area contributed by atoms with Gasteiger partial charge in [-0.1, -0.05) is 18.2 Å². The zero-order chi connectivity index (χ0) is 17.3. The lowest BCUT2D eigenvalue weighted by Crippen LogP contribution is -2.21. The Labute approximate surface area is 148 Å². The molecule has 0 bridgehead atoms. The second-order valence-corrected chi connectivity index (χ2v) is 6.76. The highest BCUT2D eigenvalue weighted by molar-refractivity contribution is 9.10. The Bertz CT molecular complexity index is 1260. The average Bonchev–Trinajstić information content (AvgIpc) is 3.00.